The van der Waals surface area contributed by atoms with Crippen LogP contribution in [0.3, 0.4) is 0 Å². The van der Waals surface area contributed by atoms with Crippen LogP contribution in [-0.2, 0) is 0 Å². The van der Waals surface area contributed by atoms with Gasteiger partial charge in [-0.15, -0.1) is 0 Å². The molecule has 6 heteroatoms. The molecule has 0 spiro atoms. The first-order chi connectivity index (χ1) is 8.62. The van der Waals surface area contributed by atoms with Gasteiger partial charge in [-0.05, 0) is 12.1 Å². The number of carbonyl (C=O) groups is 1. The lowest BCUT2D eigenvalue weighted by molar-refractivity contribution is 0.0996. The van der Waals surface area contributed by atoms with Gasteiger partial charge >= 0.3 is 0 Å². The van der Waals surface area contributed by atoms with Crippen LogP contribution in [0, 0.1) is 0 Å². The van der Waals surface area contributed by atoms with E-state index in [2.05, 4.69) is 4.98 Å². The molecule has 2 rings (SSSR count). The lowest BCUT2D eigenvalue weighted by Crippen LogP contribution is -2.10. The molecule has 0 fully saturated rings. The number of fused-ring (bicyclic) bond motifs is 1. The molecule has 1 aromatic carbocycles. The molecular weight excluding hydrogens is 236 g/mol. The summed E-state index contributed by atoms with van der Waals surface area (Å²) in [4.78, 5) is 14.1. The fourth-order valence-corrected chi connectivity index (χ4v) is 1.88. The highest BCUT2D eigenvalue weighted by molar-refractivity contribution is 6.00. The maximum Gasteiger partial charge on any atom is 0.265 e. The van der Waals surface area contributed by atoms with Crippen molar-refractivity contribution in [2.75, 3.05) is 21.3 Å². The van der Waals surface area contributed by atoms with Gasteiger partial charge in [0.05, 0.1) is 26.8 Å². The van der Waals surface area contributed by atoms with Gasteiger partial charge in [0.25, 0.3) is 5.91 Å². The molecule has 18 heavy (non-hydrogen) atoms. The van der Waals surface area contributed by atoms with E-state index in [0.717, 1.165) is 5.39 Å². The Bertz CT molecular complexity index is 604. The van der Waals surface area contributed by atoms with Gasteiger partial charge in [-0.3, -0.25) is 4.79 Å². The van der Waals surface area contributed by atoms with Gasteiger partial charge < -0.3 is 24.9 Å². The van der Waals surface area contributed by atoms with Gasteiger partial charge in [-0.25, -0.2) is 0 Å². The smallest absolute Gasteiger partial charge is 0.265 e. The Morgan fingerprint density at radius 3 is 2.28 bits per heavy atom. The van der Waals surface area contributed by atoms with Gasteiger partial charge in [-0.1, -0.05) is 0 Å². The van der Waals surface area contributed by atoms with Crippen LogP contribution in [0.15, 0.2) is 12.1 Å². The molecule has 0 aliphatic rings. The molecule has 0 saturated carbocycles. The summed E-state index contributed by atoms with van der Waals surface area (Å²) < 4.78 is 15.8. The number of nitrogens with two attached hydrogens (primary N) is 1. The molecule has 0 saturated heterocycles. The lowest BCUT2D eigenvalue weighted by atomic mass is 10.2. The summed E-state index contributed by atoms with van der Waals surface area (Å²) in [5.41, 5.74) is 6.18. The van der Waals surface area contributed by atoms with Crippen molar-refractivity contribution in [3.8, 4) is 17.2 Å². The Morgan fingerprint density at radius 1 is 1.11 bits per heavy atom. The highest BCUT2D eigenvalue weighted by atomic mass is 16.5. The summed E-state index contributed by atoms with van der Waals surface area (Å²) in [6.45, 7) is 0. The van der Waals surface area contributed by atoms with E-state index in [1.165, 1.54) is 21.3 Å². The van der Waals surface area contributed by atoms with Crippen LogP contribution in [0.4, 0.5) is 0 Å². The largest absolute Gasteiger partial charge is 0.493 e. The fraction of sp³-hybridized carbons (Fsp3) is 0.250. The van der Waals surface area contributed by atoms with Gasteiger partial charge in [-0.2, -0.15) is 0 Å². The third-order valence-electron chi connectivity index (χ3n) is 2.69. The summed E-state index contributed by atoms with van der Waals surface area (Å²) in [5.74, 6) is 0.924. The Hall–Kier alpha value is -2.37. The molecule has 1 amide bonds. The van der Waals surface area contributed by atoms with Crippen LogP contribution < -0.4 is 19.9 Å². The molecule has 1 aromatic heterocycles. The molecule has 0 aliphatic carbocycles. The number of nitrogens with one attached hydrogen (secondary N) is 1. The van der Waals surface area contributed by atoms with Crippen molar-refractivity contribution in [2.45, 2.75) is 0 Å². The maximum atomic E-state index is 11.2. The van der Waals surface area contributed by atoms with Crippen molar-refractivity contribution < 1.29 is 19.0 Å². The molecular formula is C12H14N2O4. The Balaban J connectivity index is 2.79. The van der Waals surface area contributed by atoms with E-state index in [4.69, 9.17) is 19.9 Å². The van der Waals surface area contributed by atoms with Crippen LogP contribution >= 0.6 is 0 Å². The van der Waals surface area contributed by atoms with E-state index < -0.39 is 5.91 Å². The minimum atomic E-state index is -0.536. The van der Waals surface area contributed by atoms with E-state index in [1.54, 1.807) is 12.1 Å². The van der Waals surface area contributed by atoms with E-state index in [1.807, 2.05) is 0 Å². The van der Waals surface area contributed by atoms with Crippen LogP contribution in [-0.4, -0.2) is 32.2 Å². The first kappa shape index (κ1) is 12.1. The third kappa shape index (κ3) is 1.71. The average molecular weight is 250 g/mol. The predicted octanol–water partition coefficient (Wildman–Crippen LogP) is 1.29. The van der Waals surface area contributed by atoms with Gasteiger partial charge in [0.2, 0.25) is 5.75 Å². The molecule has 0 unspecified atom stereocenters. The van der Waals surface area contributed by atoms with Crippen molar-refractivity contribution in [1.29, 1.82) is 0 Å². The monoisotopic (exact) mass is 250 g/mol. The molecule has 0 atom stereocenters. The number of hydrogen-bond acceptors (Lipinski definition) is 4. The Kier molecular flexibility index (Phi) is 3.01. The van der Waals surface area contributed by atoms with E-state index in [-0.39, 0.29) is 0 Å². The summed E-state index contributed by atoms with van der Waals surface area (Å²) in [5, 5.41) is 0.762. The summed E-state index contributed by atoms with van der Waals surface area (Å²) in [6, 6.07) is 3.39. The van der Waals surface area contributed by atoms with Crippen molar-refractivity contribution in [3.05, 3.63) is 17.8 Å². The zero-order valence-electron chi connectivity index (χ0n) is 10.4. The summed E-state index contributed by atoms with van der Waals surface area (Å²) in [6.07, 6.45) is 0. The topological polar surface area (TPSA) is 86.6 Å². The third-order valence-corrected chi connectivity index (χ3v) is 2.69. The zero-order chi connectivity index (χ0) is 13.3. The van der Waals surface area contributed by atoms with E-state index in [0.29, 0.717) is 28.5 Å². The number of methoxy groups -OCH3 is 3. The maximum absolute atomic E-state index is 11.2. The van der Waals surface area contributed by atoms with Crippen molar-refractivity contribution >= 4 is 16.8 Å². The van der Waals surface area contributed by atoms with Crippen molar-refractivity contribution in [1.82, 2.24) is 4.98 Å². The quantitative estimate of drug-likeness (QED) is 0.856. The van der Waals surface area contributed by atoms with Crippen LogP contribution in [0.1, 0.15) is 10.5 Å². The van der Waals surface area contributed by atoms with Crippen LogP contribution in [0.25, 0.3) is 10.9 Å². The number of aromatic nitrogens is 1. The molecule has 3 N–H and O–H groups in total. The van der Waals surface area contributed by atoms with E-state index >= 15 is 0 Å². The van der Waals surface area contributed by atoms with Crippen LogP contribution in [0.5, 0.6) is 17.2 Å². The zero-order valence-corrected chi connectivity index (χ0v) is 10.4. The number of ether oxygens (including phenoxy) is 3. The molecule has 96 valence electrons. The number of H-pyrrole nitrogens is 1. The van der Waals surface area contributed by atoms with Gasteiger partial charge in [0.1, 0.15) is 5.69 Å². The minimum absolute atomic E-state index is 0.304. The summed E-state index contributed by atoms with van der Waals surface area (Å²) in [7, 11) is 4.57. The standard InChI is InChI=1S/C12H14N2O4/c1-16-8-5-6-4-7(12(13)15)14-9(6)11(18-3)10(8)17-2/h4-5,14H,1-3H3,(H2,13,15). The molecule has 6 nitrogen and oxygen atoms in total. The number of rotatable bonds is 4. The Labute approximate surface area is 104 Å². The second-order valence-electron chi connectivity index (χ2n) is 3.66. The fourth-order valence-electron chi connectivity index (χ4n) is 1.88. The SMILES string of the molecule is COc1cc2cc(C(N)=O)[nH]c2c(OC)c1OC. The number of amides is 1. The number of benzene rings is 1. The molecule has 2 aromatic rings. The van der Waals surface area contributed by atoms with Gasteiger partial charge in [0.15, 0.2) is 11.5 Å². The summed E-state index contributed by atoms with van der Waals surface area (Å²) >= 11 is 0. The lowest BCUT2D eigenvalue weighted by Gasteiger charge is -2.12. The second kappa shape index (κ2) is 4.48. The second-order valence-corrected chi connectivity index (χ2v) is 3.66. The molecule has 0 aliphatic heterocycles. The molecule has 1 heterocycles. The number of hydrogen-bond donors (Lipinski definition) is 2. The normalized spacial score (nSPS) is 10.4. The predicted molar refractivity (Wildman–Crippen MR) is 66.5 cm³/mol. The van der Waals surface area contributed by atoms with Crippen molar-refractivity contribution in [2.24, 2.45) is 5.73 Å². The van der Waals surface area contributed by atoms with Crippen LogP contribution in [0.2, 0.25) is 0 Å². The molecule has 0 bridgehead atoms. The number of carbonyl (C=O) groups excluding carboxylic acids is 1. The number of aromatic amines is 1. The first-order valence-corrected chi connectivity index (χ1v) is 5.23. The minimum Gasteiger partial charge on any atom is -0.493 e. The van der Waals surface area contributed by atoms with Gasteiger partial charge in [0, 0.05) is 5.39 Å². The van der Waals surface area contributed by atoms with E-state index in [9.17, 15) is 4.79 Å². The molecule has 0 radical (unpaired) electrons. The highest BCUT2D eigenvalue weighted by Crippen LogP contribution is 2.43. The number of primary amides is 1. The Morgan fingerprint density at radius 2 is 1.78 bits per heavy atom. The highest BCUT2D eigenvalue weighted by Gasteiger charge is 2.18. The van der Waals surface area contributed by atoms with Crippen molar-refractivity contribution in [3.63, 3.8) is 0 Å². The first-order valence-electron chi connectivity index (χ1n) is 5.23. The average Bonchev–Trinajstić information content (AvgIpc) is 2.79.